The van der Waals surface area contributed by atoms with Crippen LogP contribution in [0.5, 0.6) is 0 Å². The van der Waals surface area contributed by atoms with Gasteiger partial charge in [-0.2, -0.15) is 16.4 Å². The Morgan fingerprint density at radius 1 is 1.15 bits per heavy atom. The highest BCUT2D eigenvalue weighted by Crippen LogP contribution is 2.34. The molecule has 0 radical (unpaired) electrons. The highest BCUT2D eigenvalue weighted by Gasteiger charge is 2.18. The van der Waals surface area contributed by atoms with Crippen LogP contribution in [-0.2, 0) is 0 Å². The molecule has 6 nitrogen and oxygen atoms in total. The Kier molecular flexibility index (Phi) is 4.91. The Morgan fingerprint density at radius 2 is 2.09 bits per heavy atom. The van der Waals surface area contributed by atoms with Crippen molar-refractivity contribution in [2.75, 3.05) is 0 Å². The summed E-state index contributed by atoms with van der Waals surface area (Å²) in [6.45, 7) is 4.36. The van der Waals surface area contributed by atoms with Crippen molar-refractivity contribution in [3.05, 3.63) is 59.3 Å². The first kappa shape index (κ1) is 20.1. The van der Waals surface area contributed by atoms with Gasteiger partial charge in [0.1, 0.15) is 11.2 Å². The molecular weight excluding hydrogens is 428 g/mol. The van der Waals surface area contributed by atoms with E-state index in [1.807, 2.05) is 18.6 Å². The van der Waals surface area contributed by atoms with Crippen LogP contribution < -0.4 is 0 Å². The van der Waals surface area contributed by atoms with Crippen LogP contribution in [-0.4, -0.2) is 30.9 Å². The number of thiophene rings is 1. The lowest BCUT2D eigenvalue weighted by Crippen LogP contribution is -2.08. The summed E-state index contributed by atoms with van der Waals surface area (Å²) in [6, 6.07) is 8.41. The molecule has 0 amide bonds. The molecule has 7 heteroatoms. The molecule has 5 aromatic rings. The minimum Gasteiger partial charge on any atom is -0.352 e. The number of rotatable bonds is 4. The lowest BCUT2D eigenvalue weighted by Gasteiger charge is -2.12. The molecule has 0 spiro atoms. The topological polar surface area (TPSA) is 82.6 Å². The van der Waals surface area contributed by atoms with E-state index < -0.39 is 0 Å². The monoisotopic (exact) mass is 452 g/mol. The number of aromatic amines is 2. The predicted octanol–water partition coefficient (Wildman–Crippen LogP) is 6.85. The van der Waals surface area contributed by atoms with Gasteiger partial charge in [0.25, 0.3) is 0 Å². The van der Waals surface area contributed by atoms with Gasteiger partial charge in [-0.15, -0.1) is 0 Å². The van der Waals surface area contributed by atoms with Crippen LogP contribution in [0.4, 0.5) is 0 Å². The van der Waals surface area contributed by atoms with E-state index in [9.17, 15) is 0 Å². The minimum absolute atomic E-state index is 0.546. The molecule has 0 fully saturated rings. The van der Waals surface area contributed by atoms with Gasteiger partial charge in [0, 0.05) is 29.1 Å². The zero-order chi connectivity index (χ0) is 22.4. The van der Waals surface area contributed by atoms with E-state index in [1.165, 1.54) is 16.8 Å². The Bertz CT molecular complexity index is 1520. The summed E-state index contributed by atoms with van der Waals surface area (Å²) >= 11 is 1.69. The molecule has 1 atom stereocenters. The quantitative estimate of drug-likeness (QED) is 0.313. The summed E-state index contributed by atoms with van der Waals surface area (Å²) < 4.78 is 0. The van der Waals surface area contributed by atoms with Gasteiger partial charge in [-0.3, -0.25) is 15.1 Å². The largest absolute Gasteiger partial charge is 0.352 e. The van der Waals surface area contributed by atoms with E-state index in [4.69, 9.17) is 9.98 Å². The minimum atomic E-state index is 0.546. The molecule has 6 heterocycles. The summed E-state index contributed by atoms with van der Waals surface area (Å²) in [5.41, 5.74) is 10.2. The molecule has 0 saturated heterocycles. The predicted molar refractivity (Wildman–Crippen MR) is 136 cm³/mol. The van der Waals surface area contributed by atoms with E-state index in [0.717, 1.165) is 63.8 Å². The SMILES string of the molecule is CC[C@H]1CCC(c2ccc3[nH]nc(-c4cc5c(-c6ccsc6)cncc5[nH]4)c3n2)=CN=C1C. The van der Waals surface area contributed by atoms with Gasteiger partial charge in [0.2, 0.25) is 0 Å². The highest BCUT2D eigenvalue weighted by molar-refractivity contribution is 7.08. The number of aliphatic imine (C=N–C) groups is 1. The lowest BCUT2D eigenvalue weighted by molar-refractivity contribution is 0.618. The van der Waals surface area contributed by atoms with Gasteiger partial charge in [-0.1, -0.05) is 6.92 Å². The number of aromatic nitrogens is 5. The first-order valence-electron chi connectivity index (χ1n) is 11.3. The third-order valence-electron chi connectivity index (χ3n) is 6.64. The third-order valence-corrected chi connectivity index (χ3v) is 7.32. The number of H-pyrrole nitrogens is 2. The number of nitrogens with zero attached hydrogens (tertiary/aromatic N) is 4. The summed E-state index contributed by atoms with van der Waals surface area (Å²) in [5, 5.41) is 13.1. The fourth-order valence-corrected chi connectivity index (χ4v) is 5.33. The Balaban J connectivity index is 1.43. The van der Waals surface area contributed by atoms with Gasteiger partial charge in [0.05, 0.1) is 28.6 Å². The second-order valence-corrected chi connectivity index (χ2v) is 9.36. The fourth-order valence-electron chi connectivity index (χ4n) is 4.67. The van der Waals surface area contributed by atoms with Crippen molar-refractivity contribution in [1.82, 2.24) is 25.1 Å². The van der Waals surface area contributed by atoms with E-state index >= 15 is 0 Å². The molecule has 1 aliphatic rings. The van der Waals surface area contributed by atoms with Crippen molar-refractivity contribution in [3.8, 4) is 22.5 Å². The standard InChI is InChI=1S/C26H24N6S/c1-3-16-4-5-17(11-28-15(16)2)21-6-7-22-25(30-21)26(32-31-22)23-10-19-20(18-8-9-33-14-18)12-27-13-24(19)29-23/h6-14,16,29H,3-5H2,1-2H3,(H,31,32)/t16-/m0/s1. The fraction of sp³-hybridized carbons (Fsp3) is 0.231. The maximum absolute atomic E-state index is 5.03. The number of allylic oxidation sites excluding steroid dienone is 1. The number of pyridine rings is 2. The summed E-state index contributed by atoms with van der Waals surface area (Å²) in [6.07, 6.45) is 9.00. The van der Waals surface area contributed by atoms with Crippen molar-refractivity contribution < 1.29 is 0 Å². The molecule has 0 saturated carbocycles. The van der Waals surface area contributed by atoms with E-state index in [1.54, 1.807) is 11.3 Å². The number of hydrogen-bond donors (Lipinski definition) is 2. The molecule has 2 N–H and O–H groups in total. The van der Waals surface area contributed by atoms with Crippen LogP contribution in [0.1, 0.15) is 38.8 Å². The van der Waals surface area contributed by atoms with E-state index in [-0.39, 0.29) is 0 Å². The zero-order valence-electron chi connectivity index (χ0n) is 18.6. The number of fused-ring (bicyclic) bond motifs is 2. The lowest BCUT2D eigenvalue weighted by atomic mass is 9.94. The average Bonchev–Trinajstić information content (AvgIpc) is 3.57. The molecule has 5 aromatic heterocycles. The molecule has 0 aromatic carbocycles. The summed E-state index contributed by atoms with van der Waals surface area (Å²) in [4.78, 5) is 17.7. The van der Waals surface area contributed by atoms with Crippen molar-refractivity contribution in [1.29, 1.82) is 0 Å². The highest BCUT2D eigenvalue weighted by atomic mass is 32.1. The van der Waals surface area contributed by atoms with Crippen LogP contribution in [0.15, 0.2) is 58.6 Å². The Morgan fingerprint density at radius 3 is 2.94 bits per heavy atom. The van der Waals surface area contributed by atoms with Crippen LogP contribution in [0, 0.1) is 5.92 Å². The van der Waals surface area contributed by atoms with Crippen molar-refractivity contribution in [2.45, 2.75) is 33.1 Å². The molecule has 0 unspecified atom stereocenters. The van der Waals surface area contributed by atoms with Crippen molar-refractivity contribution in [3.63, 3.8) is 0 Å². The van der Waals surface area contributed by atoms with Gasteiger partial charge in [-0.25, -0.2) is 4.98 Å². The molecule has 0 bridgehead atoms. The van der Waals surface area contributed by atoms with Crippen LogP contribution >= 0.6 is 11.3 Å². The number of hydrogen-bond acceptors (Lipinski definition) is 5. The van der Waals surface area contributed by atoms with Crippen LogP contribution in [0.2, 0.25) is 0 Å². The second-order valence-electron chi connectivity index (χ2n) is 8.58. The Labute approximate surface area is 195 Å². The van der Waals surface area contributed by atoms with E-state index in [2.05, 4.69) is 69.0 Å². The van der Waals surface area contributed by atoms with Gasteiger partial charge in [0.15, 0.2) is 0 Å². The molecule has 0 aliphatic carbocycles. The second kappa shape index (κ2) is 8.08. The first-order chi connectivity index (χ1) is 16.2. The van der Waals surface area contributed by atoms with Crippen molar-refractivity contribution in [2.24, 2.45) is 10.9 Å². The molecule has 1 aliphatic heterocycles. The molecule has 6 rings (SSSR count). The van der Waals surface area contributed by atoms with Gasteiger partial charge < -0.3 is 4.98 Å². The summed E-state index contributed by atoms with van der Waals surface area (Å²) in [5.74, 6) is 0.546. The Hall–Kier alpha value is -3.58. The normalized spacial score (nSPS) is 16.7. The molecular formula is C26H24N6S. The average molecular weight is 453 g/mol. The molecule has 33 heavy (non-hydrogen) atoms. The molecule has 164 valence electrons. The zero-order valence-corrected chi connectivity index (χ0v) is 19.4. The maximum atomic E-state index is 5.03. The van der Waals surface area contributed by atoms with Gasteiger partial charge in [-0.05, 0) is 78.3 Å². The van der Waals surface area contributed by atoms with E-state index in [0.29, 0.717) is 5.92 Å². The van der Waals surface area contributed by atoms with Crippen LogP contribution in [0.25, 0.3) is 50.0 Å². The third kappa shape index (κ3) is 3.49. The van der Waals surface area contributed by atoms with Crippen LogP contribution in [0.3, 0.4) is 0 Å². The smallest absolute Gasteiger partial charge is 0.135 e. The first-order valence-corrected chi connectivity index (χ1v) is 12.2. The summed E-state index contributed by atoms with van der Waals surface area (Å²) in [7, 11) is 0. The maximum Gasteiger partial charge on any atom is 0.135 e. The number of nitrogens with one attached hydrogen (secondary N) is 2. The van der Waals surface area contributed by atoms with Crippen molar-refractivity contribution >= 4 is 44.6 Å². The van der Waals surface area contributed by atoms with Gasteiger partial charge >= 0.3 is 0 Å².